The van der Waals surface area contributed by atoms with Gasteiger partial charge in [0.25, 0.3) is 0 Å². The standard InChI is InChI=1S/C30H42ClFO5Si/c1-18(29(35)36-5)27(20-9-10-20)21-11-8-19(26(34)16-21)12-15-25(33)22-13-14-24(31)23(28(22)32)17-37-38(6,7)30(2,3)4/h8,11,13-14,16,18,20,25,27,33-34H,9-10,12,15,17H2,1-7H3/t18-,25?,27-/m0/s1. The zero-order chi connectivity index (χ0) is 28.4. The lowest BCUT2D eigenvalue weighted by molar-refractivity contribution is -0.145. The Kier molecular flexibility index (Phi) is 9.72. The Morgan fingerprint density at radius 2 is 1.87 bits per heavy atom. The van der Waals surface area contributed by atoms with Crippen molar-refractivity contribution in [2.45, 2.75) is 90.1 Å². The smallest absolute Gasteiger partial charge is 0.309 e. The number of methoxy groups -OCH3 is 1. The molecule has 2 N–H and O–H groups in total. The van der Waals surface area contributed by atoms with Gasteiger partial charge in [0.2, 0.25) is 0 Å². The molecule has 8 heteroatoms. The van der Waals surface area contributed by atoms with Gasteiger partial charge < -0.3 is 19.4 Å². The number of rotatable bonds is 11. The molecule has 2 aromatic rings. The van der Waals surface area contributed by atoms with Crippen LogP contribution in [0.4, 0.5) is 4.39 Å². The lowest BCUT2D eigenvalue weighted by Gasteiger charge is -2.36. The van der Waals surface area contributed by atoms with Crippen molar-refractivity contribution in [3.05, 3.63) is 63.4 Å². The highest BCUT2D eigenvalue weighted by molar-refractivity contribution is 6.74. The van der Waals surface area contributed by atoms with Gasteiger partial charge >= 0.3 is 5.97 Å². The lowest BCUT2D eigenvalue weighted by Crippen LogP contribution is -2.40. The number of ether oxygens (including phenoxy) is 1. The van der Waals surface area contributed by atoms with Gasteiger partial charge in [-0.1, -0.05) is 57.5 Å². The first-order chi connectivity index (χ1) is 17.7. The summed E-state index contributed by atoms with van der Waals surface area (Å²) in [5.74, 6) is -0.610. The van der Waals surface area contributed by atoms with Gasteiger partial charge in [0.05, 0.1) is 25.7 Å². The maximum absolute atomic E-state index is 15.5. The van der Waals surface area contributed by atoms with Gasteiger partial charge in [0, 0.05) is 16.1 Å². The van der Waals surface area contributed by atoms with Crippen molar-refractivity contribution in [1.82, 2.24) is 0 Å². The summed E-state index contributed by atoms with van der Waals surface area (Å²) in [7, 11) is -0.726. The molecule has 1 saturated carbocycles. The van der Waals surface area contributed by atoms with Crippen LogP contribution in [0.5, 0.6) is 5.75 Å². The van der Waals surface area contributed by atoms with Crippen LogP contribution in [0.2, 0.25) is 23.2 Å². The molecule has 1 unspecified atom stereocenters. The number of phenolic OH excluding ortho intramolecular Hbond substituents is 1. The number of halogens is 2. The molecule has 0 aromatic heterocycles. The van der Waals surface area contributed by atoms with Crippen molar-refractivity contribution in [1.29, 1.82) is 0 Å². The van der Waals surface area contributed by atoms with Gasteiger partial charge in [-0.25, -0.2) is 4.39 Å². The summed E-state index contributed by atoms with van der Waals surface area (Å²) >= 11 is 6.31. The summed E-state index contributed by atoms with van der Waals surface area (Å²) in [6, 6.07) is 8.58. The van der Waals surface area contributed by atoms with E-state index in [1.807, 2.05) is 19.1 Å². The van der Waals surface area contributed by atoms with E-state index in [2.05, 4.69) is 33.9 Å². The van der Waals surface area contributed by atoms with Crippen molar-refractivity contribution < 1.29 is 28.6 Å². The number of aromatic hydroxyl groups is 1. The number of hydrogen-bond donors (Lipinski definition) is 2. The van der Waals surface area contributed by atoms with Gasteiger partial charge in [-0.05, 0) is 78.9 Å². The molecule has 3 atom stereocenters. The Labute approximate surface area is 232 Å². The highest BCUT2D eigenvalue weighted by Gasteiger charge is 2.39. The third-order valence-corrected chi connectivity index (χ3v) is 13.2. The van der Waals surface area contributed by atoms with Gasteiger partial charge in [0.1, 0.15) is 11.6 Å². The molecule has 0 amide bonds. The summed E-state index contributed by atoms with van der Waals surface area (Å²) in [4.78, 5) is 12.2. The minimum atomic E-state index is -2.12. The van der Waals surface area contributed by atoms with Crippen LogP contribution in [0.25, 0.3) is 0 Å². The highest BCUT2D eigenvalue weighted by Crippen LogP contribution is 2.48. The minimum absolute atomic E-state index is 0.0110. The van der Waals surface area contributed by atoms with Crippen LogP contribution in [-0.2, 0) is 27.0 Å². The number of aliphatic hydroxyl groups is 1. The van der Waals surface area contributed by atoms with E-state index in [9.17, 15) is 15.0 Å². The molecule has 1 aliphatic carbocycles. The summed E-state index contributed by atoms with van der Waals surface area (Å²) in [6.45, 7) is 12.5. The second-order valence-corrected chi connectivity index (χ2v) is 17.3. The van der Waals surface area contributed by atoms with Crippen LogP contribution in [-0.4, -0.2) is 31.6 Å². The Bertz CT molecular complexity index is 1140. The van der Waals surface area contributed by atoms with Gasteiger partial charge in [-0.3, -0.25) is 4.79 Å². The number of phenols is 1. The molecule has 0 bridgehead atoms. The third kappa shape index (κ3) is 6.98. The quantitative estimate of drug-likeness (QED) is 0.216. The Morgan fingerprint density at radius 1 is 1.21 bits per heavy atom. The number of aliphatic hydroxyl groups excluding tert-OH is 1. The molecule has 210 valence electrons. The van der Waals surface area contributed by atoms with E-state index in [0.29, 0.717) is 17.9 Å². The average molecular weight is 565 g/mol. The normalized spacial score (nSPS) is 16.7. The monoisotopic (exact) mass is 564 g/mol. The summed E-state index contributed by atoms with van der Waals surface area (Å²) < 4.78 is 26.6. The fourth-order valence-corrected chi connectivity index (χ4v) is 5.82. The summed E-state index contributed by atoms with van der Waals surface area (Å²) in [5, 5.41) is 21.9. The zero-order valence-electron chi connectivity index (χ0n) is 23.6. The fraction of sp³-hybridized carbons (Fsp3) is 0.567. The minimum Gasteiger partial charge on any atom is -0.508 e. The van der Waals surface area contributed by atoms with E-state index in [1.165, 1.54) is 13.2 Å². The topological polar surface area (TPSA) is 76.0 Å². The molecule has 1 aliphatic rings. The average Bonchev–Trinajstić information content (AvgIpc) is 3.67. The maximum atomic E-state index is 15.5. The predicted octanol–water partition coefficient (Wildman–Crippen LogP) is 7.68. The molecule has 3 rings (SSSR count). The fourth-order valence-electron chi connectivity index (χ4n) is 4.68. The molecule has 0 spiro atoms. The SMILES string of the molecule is COC(=O)[C@@H](C)[C@H](c1ccc(CCC(O)c2ccc(Cl)c(CO[Si](C)(C)C(C)(C)C)c2F)c(O)c1)C1CC1. The number of carbonyl (C=O) groups excluding carboxylic acids is 1. The molecule has 0 aliphatic heterocycles. The van der Waals surface area contributed by atoms with Gasteiger partial charge in [-0.15, -0.1) is 0 Å². The van der Waals surface area contributed by atoms with E-state index in [0.717, 1.165) is 18.4 Å². The van der Waals surface area contributed by atoms with E-state index in [-0.39, 0.29) is 57.8 Å². The van der Waals surface area contributed by atoms with Gasteiger partial charge in [0.15, 0.2) is 8.32 Å². The second-order valence-electron chi connectivity index (χ2n) is 12.1. The number of benzene rings is 2. The molecular weight excluding hydrogens is 523 g/mol. The van der Waals surface area contributed by atoms with Crippen molar-refractivity contribution in [3.8, 4) is 5.75 Å². The first-order valence-electron chi connectivity index (χ1n) is 13.4. The molecule has 5 nitrogen and oxygen atoms in total. The van der Waals surface area contributed by atoms with Crippen LogP contribution >= 0.6 is 11.6 Å². The van der Waals surface area contributed by atoms with Crippen molar-refractivity contribution >= 4 is 25.9 Å². The van der Waals surface area contributed by atoms with Crippen LogP contribution in [0.15, 0.2) is 30.3 Å². The van der Waals surface area contributed by atoms with Crippen LogP contribution in [0.3, 0.4) is 0 Å². The second kappa shape index (κ2) is 12.1. The van der Waals surface area contributed by atoms with Crippen molar-refractivity contribution in [3.63, 3.8) is 0 Å². The van der Waals surface area contributed by atoms with E-state index in [1.54, 1.807) is 12.1 Å². The van der Waals surface area contributed by atoms with Crippen LogP contribution in [0.1, 0.15) is 81.2 Å². The number of aryl methyl sites for hydroxylation is 1. The highest BCUT2D eigenvalue weighted by atomic mass is 35.5. The third-order valence-electron chi connectivity index (χ3n) is 8.38. The van der Waals surface area contributed by atoms with E-state index >= 15 is 4.39 Å². The molecule has 0 radical (unpaired) electrons. The number of hydrogen-bond acceptors (Lipinski definition) is 5. The number of carbonyl (C=O) groups is 1. The predicted molar refractivity (Wildman–Crippen MR) is 151 cm³/mol. The zero-order valence-corrected chi connectivity index (χ0v) is 25.4. The summed E-state index contributed by atoms with van der Waals surface area (Å²) in [5.41, 5.74) is 1.98. The Hall–Kier alpha value is -1.93. The molecule has 0 heterocycles. The molecule has 2 aromatic carbocycles. The first-order valence-corrected chi connectivity index (χ1v) is 16.6. The molecule has 38 heavy (non-hydrogen) atoms. The Morgan fingerprint density at radius 3 is 2.42 bits per heavy atom. The van der Waals surface area contributed by atoms with Crippen molar-refractivity contribution in [2.24, 2.45) is 11.8 Å². The molecule has 0 saturated heterocycles. The van der Waals surface area contributed by atoms with Crippen LogP contribution < -0.4 is 0 Å². The molecular formula is C30H42ClFO5Si. The van der Waals surface area contributed by atoms with Crippen molar-refractivity contribution in [2.75, 3.05) is 7.11 Å². The Balaban J connectivity index is 1.72. The van der Waals surface area contributed by atoms with E-state index in [4.69, 9.17) is 20.8 Å². The van der Waals surface area contributed by atoms with E-state index < -0.39 is 20.2 Å². The largest absolute Gasteiger partial charge is 0.508 e. The summed E-state index contributed by atoms with van der Waals surface area (Å²) in [6.07, 6.45) is 1.60. The molecule has 1 fully saturated rings. The first kappa shape index (κ1) is 30.6. The maximum Gasteiger partial charge on any atom is 0.309 e. The number of esters is 1. The van der Waals surface area contributed by atoms with Gasteiger partial charge in [-0.2, -0.15) is 0 Å². The van der Waals surface area contributed by atoms with Crippen LogP contribution in [0, 0.1) is 17.7 Å². The lowest BCUT2D eigenvalue weighted by atomic mass is 9.82.